The number of nitrogens with one attached hydrogen (secondary N) is 1. The molecular formula is C26H20N2O4. The Kier molecular flexibility index (Phi) is 6.22. The molecule has 1 amide bonds. The van der Waals surface area contributed by atoms with Crippen LogP contribution in [-0.2, 0) is 4.79 Å². The highest BCUT2D eigenvalue weighted by molar-refractivity contribution is 6.07. The fourth-order valence-corrected chi connectivity index (χ4v) is 3.22. The molecule has 0 bridgehead atoms. The Morgan fingerprint density at radius 1 is 0.938 bits per heavy atom. The van der Waals surface area contributed by atoms with Crippen LogP contribution < -0.4 is 10.1 Å². The number of rotatable bonds is 7. The predicted molar refractivity (Wildman–Crippen MR) is 124 cm³/mol. The number of ether oxygens (including phenoxy) is 1. The molecule has 0 aliphatic heterocycles. The van der Waals surface area contributed by atoms with E-state index in [9.17, 15) is 9.59 Å². The zero-order valence-corrected chi connectivity index (χ0v) is 17.1. The molecule has 158 valence electrons. The van der Waals surface area contributed by atoms with Crippen molar-refractivity contribution in [2.75, 3.05) is 11.9 Å². The van der Waals surface area contributed by atoms with Crippen LogP contribution in [-0.4, -0.2) is 28.6 Å². The highest BCUT2D eigenvalue weighted by Gasteiger charge is 2.13. The summed E-state index contributed by atoms with van der Waals surface area (Å²) in [4.78, 5) is 28.1. The van der Waals surface area contributed by atoms with Crippen molar-refractivity contribution in [2.45, 2.75) is 0 Å². The molecule has 6 heteroatoms. The van der Waals surface area contributed by atoms with E-state index in [-0.39, 0.29) is 18.1 Å². The number of benzene rings is 3. The monoisotopic (exact) mass is 424 g/mol. The van der Waals surface area contributed by atoms with Crippen LogP contribution in [0.3, 0.4) is 0 Å². The Labute approximate surface area is 184 Å². The molecule has 0 atom stereocenters. The Balaban J connectivity index is 1.61. The van der Waals surface area contributed by atoms with E-state index in [1.165, 1.54) is 12.1 Å². The van der Waals surface area contributed by atoms with Crippen LogP contribution in [0.1, 0.15) is 15.9 Å². The van der Waals surface area contributed by atoms with Gasteiger partial charge in [-0.05, 0) is 47.4 Å². The molecular weight excluding hydrogens is 404 g/mol. The first-order valence-electron chi connectivity index (χ1n) is 9.96. The second-order valence-electron chi connectivity index (χ2n) is 7.06. The quantitative estimate of drug-likeness (QED) is 0.406. The van der Waals surface area contributed by atoms with Gasteiger partial charge in [0.25, 0.3) is 5.91 Å². The summed E-state index contributed by atoms with van der Waals surface area (Å²) in [5.74, 6) is -0.667. The van der Waals surface area contributed by atoms with Gasteiger partial charge < -0.3 is 15.2 Å². The first-order valence-corrected chi connectivity index (χ1v) is 9.96. The van der Waals surface area contributed by atoms with E-state index in [0.717, 1.165) is 10.8 Å². The molecule has 4 aromatic rings. The van der Waals surface area contributed by atoms with E-state index in [0.29, 0.717) is 22.6 Å². The fourth-order valence-electron chi connectivity index (χ4n) is 3.22. The minimum Gasteiger partial charge on any atom is -0.488 e. The van der Waals surface area contributed by atoms with E-state index >= 15 is 0 Å². The SMILES string of the molecule is O=C(Nc1cccnc1)C(=Cc1ccc(C(=O)O)cc1)COc1cccc2ccccc12. The molecule has 0 aliphatic rings. The maximum absolute atomic E-state index is 13.0. The molecule has 32 heavy (non-hydrogen) atoms. The Hall–Kier alpha value is -4.45. The molecule has 6 nitrogen and oxygen atoms in total. The van der Waals surface area contributed by atoms with Gasteiger partial charge in [-0.1, -0.05) is 48.5 Å². The van der Waals surface area contributed by atoms with E-state index in [4.69, 9.17) is 9.84 Å². The minimum atomic E-state index is -1.01. The van der Waals surface area contributed by atoms with Gasteiger partial charge in [-0.2, -0.15) is 0 Å². The number of hydrogen-bond acceptors (Lipinski definition) is 4. The molecule has 0 unspecified atom stereocenters. The molecule has 1 aromatic heterocycles. The standard InChI is InChI=1S/C26H20N2O4/c29-25(28-22-7-4-14-27-16-22)21(15-18-10-12-20(13-11-18)26(30)31)17-32-24-9-3-6-19-5-1-2-8-23(19)24/h1-16H,17H2,(H,28,29)(H,30,31). The van der Waals surface area contributed by atoms with Gasteiger partial charge in [-0.25, -0.2) is 4.79 Å². The number of carboxylic acid groups (broad SMARTS) is 1. The number of carbonyl (C=O) groups excluding carboxylic acids is 1. The van der Waals surface area contributed by atoms with Crippen molar-refractivity contribution in [2.24, 2.45) is 0 Å². The summed E-state index contributed by atoms with van der Waals surface area (Å²) in [7, 11) is 0. The number of fused-ring (bicyclic) bond motifs is 1. The van der Waals surface area contributed by atoms with Crippen LogP contribution in [0.25, 0.3) is 16.8 Å². The van der Waals surface area contributed by atoms with Gasteiger partial charge in [0.15, 0.2) is 0 Å². The lowest BCUT2D eigenvalue weighted by atomic mass is 10.1. The minimum absolute atomic E-state index is 0.0286. The van der Waals surface area contributed by atoms with Crippen LogP contribution in [0.2, 0.25) is 0 Å². The average Bonchev–Trinajstić information content (AvgIpc) is 2.82. The molecule has 0 saturated heterocycles. The second-order valence-corrected chi connectivity index (χ2v) is 7.06. The van der Waals surface area contributed by atoms with Gasteiger partial charge in [0.2, 0.25) is 0 Å². The number of amides is 1. The first-order chi connectivity index (χ1) is 15.6. The number of aromatic carboxylic acids is 1. The molecule has 0 saturated carbocycles. The molecule has 0 aliphatic carbocycles. The zero-order chi connectivity index (χ0) is 22.3. The van der Waals surface area contributed by atoms with Gasteiger partial charge >= 0.3 is 5.97 Å². The molecule has 0 fully saturated rings. The number of nitrogens with zero attached hydrogens (tertiary/aromatic N) is 1. The Bertz CT molecular complexity index is 1280. The van der Waals surface area contributed by atoms with E-state index in [1.807, 2.05) is 42.5 Å². The maximum Gasteiger partial charge on any atom is 0.335 e. The van der Waals surface area contributed by atoms with Crippen LogP contribution in [0.4, 0.5) is 5.69 Å². The molecule has 4 rings (SSSR count). The molecule has 0 spiro atoms. The Morgan fingerprint density at radius 3 is 2.47 bits per heavy atom. The predicted octanol–water partition coefficient (Wildman–Crippen LogP) is 5.03. The first kappa shape index (κ1) is 20.8. The number of aromatic nitrogens is 1. The van der Waals surface area contributed by atoms with Crippen molar-refractivity contribution >= 4 is 34.4 Å². The third kappa shape index (κ3) is 4.99. The summed E-state index contributed by atoms with van der Waals surface area (Å²) in [5, 5.41) is 13.9. The number of pyridine rings is 1. The largest absolute Gasteiger partial charge is 0.488 e. The maximum atomic E-state index is 13.0. The average molecular weight is 424 g/mol. The normalized spacial score (nSPS) is 11.2. The number of anilines is 1. The van der Waals surface area contributed by atoms with Crippen molar-refractivity contribution in [1.82, 2.24) is 4.98 Å². The summed E-state index contributed by atoms with van der Waals surface area (Å²) in [6.45, 7) is 0.0286. The lowest BCUT2D eigenvalue weighted by Crippen LogP contribution is -2.19. The number of carbonyl (C=O) groups is 2. The van der Waals surface area contributed by atoms with Crippen LogP contribution >= 0.6 is 0 Å². The molecule has 1 heterocycles. The van der Waals surface area contributed by atoms with Crippen molar-refractivity contribution < 1.29 is 19.4 Å². The van der Waals surface area contributed by atoms with Crippen molar-refractivity contribution in [3.63, 3.8) is 0 Å². The highest BCUT2D eigenvalue weighted by Crippen LogP contribution is 2.26. The summed E-state index contributed by atoms with van der Waals surface area (Å²) in [6, 6.07) is 23.4. The zero-order valence-electron chi connectivity index (χ0n) is 17.1. The Morgan fingerprint density at radius 2 is 1.72 bits per heavy atom. The van der Waals surface area contributed by atoms with Gasteiger partial charge in [0, 0.05) is 11.6 Å². The highest BCUT2D eigenvalue weighted by atomic mass is 16.5. The fraction of sp³-hybridized carbons (Fsp3) is 0.0385. The van der Waals surface area contributed by atoms with Gasteiger partial charge in [0.05, 0.1) is 23.0 Å². The van der Waals surface area contributed by atoms with Crippen molar-refractivity contribution in [3.8, 4) is 5.75 Å². The second kappa shape index (κ2) is 9.57. The summed E-state index contributed by atoms with van der Waals surface area (Å²) in [5.41, 5.74) is 1.81. The molecule has 3 aromatic carbocycles. The van der Waals surface area contributed by atoms with E-state index < -0.39 is 5.97 Å². The van der Waals surface area contributed by atoms with E-state index in [2.05, 4.69) is 10.3 Å². The van der Waals surface area contributed by atoms with Crippen molar-refractivity contribution in [1.29, 1.82) is 0 Å². The van der Waals surface area contributed by atoms with Crippen molar-refractivity contribution in [3.05, 3.63) is 108 Å². The van der Waals surface area contributed by atoms with E-state index in [1.54, 1.807) is 42.7 Å². The number of hydrogen-bond donors (Lipinski definition) is 2. The lowest BCUT2D eigenvalue weighted by molar-refractivity contribution is -0.113. The third-order valence-electron chi connectivity index (χ3n) is 4.84. The molecule has 2 N–H and O–H groups in total. The topological polar surface area (TPSA) is 88.5 Å². The smallest absolute Gasteiger partial charge is 0.335 e. The lowest BCUT2D eigenvalue weighted by Gasteiger charge is -2.13. The van der Waals surface area contributed by atoms with Gasteiger partial charge in [-0.15, -0.1) is 0 Å². The molecule has 0 radical (unpaired) electrons. The van der Waals surface area contributed by atoms with Crippen LogP contribution in [0, 0.1) is 0 Å². The summed E-state index contributed by atoms with van der Waals surface area (Å²) >= 11 is 0. The third-order valence-corrected chi connectivity index (χ3v) is 4.84. The number of carboxylic acids is 1. The summed E-state index contributed by atoms with van der Waals surface area (Å²) in [6.07, 6.45) is 4.87. The van der Waals surface area contributed by atoms with Gasteiger partial charge in [-0.3, -0.25) is 9.78 Å². The van der Waals surface area contributed by atoms with Crippen LogP contribution in [0.5, 0.6) is 5.75 Å². The van der Waals surface area contributed by atoms with Gasteiger partial charge in [0.1, 0.15) is 12.4 Å². The van der Waals surface area contributed by atoms with Crippen LogP contribution in [0.15, 0.2) is 96.8 Å². The summed E-state index contributed by atoms with van der Waals surface area (Å²) < 4.78 is 6.04.